The van der Waals surface area contributed by atoms with Gasteiger partial charge in [0, 0.05) is 35.5 Å². The second kappa shape index (κ2) is 8.49. The van der Waals surface area contributed by atoms with Gasteiger partial charge in [0.15, 0.2) is 0 Å². The number of alkyl halides is 1. The van der Waals surface area contributed by atoms with Crippen molar-refractivity contribution >= 4 is 10.0 Å². The van der Waals surface area contributed by atoms with Crippen molar-refractivity contribution in [3.05, 3.63) is 35.0 Å². The lowest BCUT2D eigenvalue weighted by atomic mass is 9.82. The quantitative estimate of drug-likeness (QED) is 0.626. The highest BCUT2D eigenvalue weighted by atomic mass is 32.2. The van der Waals surface area contributed by atoms with E-state index in [0.29, 0.717) is 36.0 Å². The lowest BCUT2D eigenvalue weighted by Gasteiger charge is -2.30. The molecule has 1 atom stereocenters. The zero-order chi connectivity index (χ0) is 23.3. The first-order valence-electron chi connectivity index (χ1n) is 11.7. The van der Waals surface area contributed by atoms with Crippen LogP contribution in [0.3, 0.4) is 0 Å². The van der Waals surface area contributed by atoms with Crippen molar-refractivity contribution < 1.29 is 17.5 Å². The van der Waals surface area contributed by atoms with Crippen molar-refractivity contribution in [2.45, 2.75) is 89.2 Å². The average Bonchev–Trinajstić information content (AvgIpc) is 3.04. The number of rotatable bonds is 4. The van der Waals surface area contributed by atoms with E-state index in [1.54, 1.807) is 6.07 Å². The van der Waals surface area contributed by atoms with E-state index in [2.05, 4.69) is 25.3 Å². The van der Waals surface area contributed by atoms with Crippen LogP contribution in [-0.2, 0) is 22.0 Å². The fourth-order valence-corrected chi connectivity index (χ4v) is 5.98. The first-order chi connectivity index (χ1) is 15.0. The van der Waals surface area contributed by atoms with Crippen molar-refractivity contribution in [3.8, 4) is 17.0 Å². The van der Waals surface area contributed by atoms with Gasteiger partial charge in [-0.2, -0.15) is 0 Å². The highest BCUT2D eigenvalue weighted by Crippen LogP contribution is 2.45. The Hall–Kier alpha value is -1.86. The Morgan fingerprint density at radius 3 is 2.44 bits per heavy atom. The van der Waals surface area contributed by atoms with Gasteiger partial charge >= 0.3 is 0 Å². The van der Waals surface area contributed by atoms with Gasteiger partial charge in [-0.25, -0.2) is 17.9 Å². The molecule has 0 saturated heterocycles. The number of hydrogen-bond acceptors (Lipinski definition) is 3. The Kier molecular flexibility index (Phi) is 6.18. The van der Waals surface area contributed by atoms with Crippen LogP contribution in [-0.4, -0.2) is 19.6 Å². The Balaban J connectivity index is 1.91. The van der Waals surface area contributed by atoms with Gasteiger partial charge in [0.1, 0.15) is 16.8 Å². The second-order valence-corrected chi connectivity index (χ2v) is 12.0. The molecular weight excluding hydrogens is 427 g/mol. The predicted molar refractivity (Wildman–Crippen MR) is 125 cm³/mol. The normalized spacial score (nSPS) is 20.1. The van der Waals surface area contributed by atoms with Gasteiger partial charge < -0.3 is 9.30 Å². The molecule has 7 heteroatoms. The summed E-state index contributed by atoms with van der Waals surface area (Å²) in [5.41, 5.74) is 3.48. The molecule has 1 aromatic heterocycles. The van der Waals surface area contributed by atoms with Gasteiger partial charge in [-0.1, -0.05) is 40.0 Å². The molecule has 0 amide bonds. The molecule has 2 heterocycles. The van der Waals surface area contributed by atoms with Gasteiger partial charge in [0.2, 0.25) is 10.0 Å². The molecule has 1 aliphatic heterocycles. The number of fused-ring (bicyclic) bond motifs is 1. The summed E-state index contributed by atoms with van der Waals surface area (Å²) in [6, 6.07) is 5.54. The van der Waals surface area contributed by atoms with Crippen molar-refractivity contribution in [2.75, 3.05) is 6.61 Å². The fraction of sp³-hybridized carbons (Fsp3) is 0.600. The average molecular weight is 463 g/mol. The van der Waals surface area contributed by atoms with Crippen LogP contribution < -0.4 is 9.88 Å². The van der Waals surface area contributed by atoms with Crippen molar-refractivity contribution in [1.82, 2.24) is 4.57 Å². The molecule has 5 nitrogen and oxygen atoms in total. The van der Waals surface area contributed by atoms with E-state index >= 15 is 0 Å². The molecule has 1 aromatic carbocycles. The van der Waals surface area contributed by atoms with E-state index in [0.717, 1.165) is 36.2 Å². The number of nitrogens with two attached hydrogens (primary N) is 1. The number of nitrogens with zero attached hydrogens (tertiary/aromatic N) is 1. The van der Waals surface area contributed by atoms with Gasteiger partial charge in [-0.05, 0) is 54.9 Å². The summed E-state index contributed by atoms with van der Waals surface area (Å²) < 4.78 is 47.7. The lowest BCUT2D eigenvalue weighted by Crippen LogP contribution is -2.20. The van der Waals surface area contributed by atoms with Crippen molar-refractivity contribution in [2.24, 2.45) is 11.1 Å². The third-order valence-corrected chi connectivity index (χ3v) is 8.00. The standard InChI is InChI=1S/C25H35FN2O3S/c1-16-23(32(27,29)30)14-22(28(16)15-17-8-6-5-7-9-17)18-12-19-21(26)10-11-31-24(19)20(13-18)25(2,3)4/h12-14,17,21H,5-11,15H2,1-4H3,(H2,27,29,30). The molecule has 1 saturated carbocycles. The van der Waals surface area contributed by atoms with Gasteiger partial charge in [-0.3, -0.25) is 0 Å². The number of halogens is 1. The molecule has 176 valence electrons. The molecule has 1 unspecified atom stereocenters. The number of ether oxygens (including phenoxy) is 1. The fourth-order valence-electron chi connectivity index (χ4n) is 5.18. The minimum Gasteiger partial charge on any atom is -0.493 e. The highest BCUT2D eigenvalue weighted by molar-refractivity contribution is 7.89. The smallest absolute Gasteiger partial charge is 0.239 e. The van der Waals surface area contributed by atoms with Crippen LogP contribution in [0.5, 0.6) is 5.75 Å². The van der Waals surface area contributed by atoms with Crippen LogP contribution in [0.1, 0.15) is 82.3 Å². The van der Waals surface area contributed by atoms with E-state index in [1.165, 1.54) is 19.3 Å². The SMILES string of the molecule is Cc1c(S(N)(=O)=O)cc(-c2cc3c(c(C(C)(C)C)c2)OCCC3F)n1CC1CCCCC1. The summed E-state index contributed by atoms with van der Waals surface area (Å²) in [6.45, 7) is 9.17. The van der Waals surface area contributed by atoms with Crippen LogP contribution in [0, 0.1) is 12.8 Å². The molecule has 2 aliphatic rings. The Labute approximate surface area is 191 Å². The van der Waals surface area contributed by atoms with Crippen molar-refractivity contribution in [3.63, 3.8) is 0 Å². The van der Waals surface area contributed by atoms with E-state index in [1.807, 2.05) is 19.1 Å². The van der Waals surface area contributed by atoms with Gasteiger partial charge in [0.05, 0.1) is 6.61 Å². The summed E-state index contributed by atoms with van der Waals surface area (Å²) >= 11 is 0. The van der Waals surface area contributed by atoms with Crippen LogP contribution >= 0.6 is 0 Å². The Morgan fingerprint density at radius 1 is 1.12 bits per heavy atom. The second-order valence-electron chi connectivity index (χ2n) is 10.4. The van der Waals surface area contributed by atoms with Gasteiger partial charge in [0.25, 0.3) is 0 Å². The maximum absolute atomic E-state index is 15.0. The minimum absolute atomic E-state index is 0.145. The highest BCUT2D eigenvalue weighted by Gasteiger charge is 2.31. The van der Waals surface area contributed by atoms with Gasteiger partial charge in [-0.15, -0.1) is 0 Å². The summed E-state index contributed by atoms with van der Waals surface area (Å²) in [4.78, 5) is 0.145. The van der Waals surface area contributed by atoms with E-state index in [-0.39, 0.29) is 10.3 Å². The maximum Gasteiger partial charge on any atom is 0.239 e. The lowest BCUT2D eigenvalue weighted by molar-refractivity contribution is 0.196. The minimum atomic E-state index is -3.87. The van der Waals surface area contributed by atoms with E-state index < -0.39 is 16.2 Å². The zero-order valence-electron chi connectivity index (χ0n) is 19.6. The van der Waals surface area contributed by atoms with E-state index in [9.17, 15) is 12.8 Å². The summed E-state index contributed by atoms with van der Waals surface area (Å²) in [5, 5.41) is 5.56. The molecule has 2 N–H and O–H groups in total. The van der Waals surface area contributed by atoms with Crippen molar-refractivity contribution in [1.29, 1.82) is 0 Å². The third-order valence-electron chi connectivity index (χ3n) is 6.97. The zero-order valence-corrected chi connectivity index (χ0v) is 20.4. The summed E-state index contributed by atoms with van der Waals surface area (Å²) in [7, 11) is -3.87. The Bertz CT molecular complexity index is 1110. The number of aromatic nitrogens is 1. The molecule has 1 fully saturated rings. The van der Waals surface area contributed by atoms with Crippen LogP contribution in [0.15, 0.2) is 23.1 Å². The molecule has 0 spiro atoms. The summed E-state index contributed by atoms with van der Waals surface area (Å²) in [5.74, 6) is 1.13. The number of benzene rings is 1. The molecule has 1 aliphatic carbocycles. The summed E-state index contributed by atoms with van der Waals surface area (Å²) in [6.07, 6.45) is 5.17. The third kappa shape index (κ3) is 4.46. The molecule has 2 aromatic rings. The molecule has 32 heavy (non-hydrogen) atoms. The molecule has 0 radical (unpaired) electrons. The first kappa shape index (κ1) is 23.3. The maximum atomic E-state index is 15.0. The first-order valence-corrected chi connectivity index (χ1v) is 13.2. The molecule has 4 rings (SSSR count). The number of hydrogen-bond donors (Lipinski definition) is 1. The monoisotopic (exact) mass is 462 g/mol. The largest absolute Gasteiger partial charge is 0.493 e. The van der Waals surface area contributed by atoms with E-state index in [4.69, 9.17) is 9.88 Å². The number of primary sulfonamides is 1. The predicted octanol–water partition coefficient (Wildman–Crippen LogP) is 5.78. The topological polar surface area (TPSA) is 74.3 Å². The van der Waals surface area contributed by atoms with Crippen LogP contribution in [0.25, 0.3) is 11.3 Å². The Morgan fingerprint density at radius 2 is 1.81 bits per heavy atom. The van der Waals surface area contributed by atoms with Crippen LogP contribution in [0.2, 0.25) is 0 Å². The molecule has 0 bridgehead atoms. The number of sulfonamides is 1. The van der Waals surface area contributed by atoms with Crippen LogP contribution in [0.4, 0.5) is 4.39 Å². The molecular formula is C25H35FN2O3S.